The molecule has 0 saturated carbocycles. The molecule has 2 aliphatic heterocycles. The van der Waals surface area contributed by atoms with E-state index >= 15 is 0 Å². The van der Waals surface area contributed by atoms with Crippen molar-refractivity contribution in [2.24, 2.45) is 0 Å². The Hall–Kier alpha value is -5.84. The lowest BCUT2D eigenvalue weighted by Crippen LogP contribution is -2.57. The van der Waals surface area contributed by atoms with Gasteiger partial charge in [0.2, 0.25) is 0 Å². The highest BCUT2D eigenvalue weighted by Gasteiger charge is 2.47. The first-order valence-corrected chi connectivity index (χ1v) is 18.2. The third kappa shape index (κ3) is 3.94. The Labute approximate surface area is 305 Å². The summed E-state index contributed by atoms with van der Waals surface area (Å²) in [6, 6.07) is 61.4. The van der Waals surface area contributed by atoms with E-state index in [4.69, 9.17) is 9.47 Å². The number of hydrogen-bond acceptors (Lipinski definition) is 2. The normalized spacial score (nSPS) is 14.0. The zero-order valence-electron chi connectivity index (χ0n) is 27.4. The largest absolute Gasteiger partial charge is 0.458 e. The number of rotatable bonds is 3. The molecule has 0 radical (unpaired) electrons. The van der Waals surface area contributed by atoms with Crippen LogP contribution in [-0.4, -0.2) is 6.71 Å². The summed E-state index contributed by atoms with van der Waals surface area (Å²) >= 11 is 4.06. The van der Waals surface area contributed by atoms with Crippen molar-refractivity contribution >= 4 is 49.8 Å². The molecule has 0 N–H and O–H groups in total. The van der Waals surface area contributed by atoms with Gasteiger partial charge in [-0.1, -0.05) is 149 Å². The smallest absolute Gasteiger partial charge is 0.260 e. The maximum Gasteiger partial charge on any atom is 0.260 e. The first kappa shape index (κ1) is 28.9. The van der Waals surface area contributed by atoms with E-state index in [1.807, 2.05) is 12.1 Å². The number of fused-ring (bicyclic) bond motifs is 9. The van der Waals surface area contributed by atoms with Crippen LogP contribution in [-0.2, 0) is 5.41 Å². The SMILES string of the molecule is Brc1cccc2c(-c3ccc4c(c3)B3c5ccccc5Oc5cccc(c53)O4)cc3c(c12)-c1ccccc1C3(c1ccccc1)c1ccccc1. The summed E-state index contributed by atoms with van der Waals surface area (Å²) in [5.41, 5.74) is 12.9. The Morgan fingerprint density at radius 3 is 1.86 bits per heavy atom. The highest BCUT2D eigenvalue weighted by molar-refractivity contribution is 9.10. The Balaban J connectivity index is 1.23. The minimum absolute atomic E-state index is 0.00531. The number of benzene rings is 8. The molecule has 51 heavy (non-hydrogen) atoms. The molecule has 0 aromatic heterocycles. The fourth-order valence-electron chi connectivity index (χ4n) is 9.13. The minimum atomic E-state index is -0.516. The average molecular weight is 715 g/mol. The molecule has 2 heterocycles. The van der Waals surface area contributed by atoms with Crippen LogP contribution in [0.3, 0.4) is 0 Å². The van der Waals surface area contributed by atoms with Gasteiger partial charge >= 0.3 is 0 Å². The number of ether oxygens (including phenoxy) is 2. The third-order valence-corrected chi connectivity index (χ3v) is 11.8. The fourth-order valence-corrected chi connectivity index (χ4v) is 9.70. The van der Waals surface area contributed by atoms with Crippen LogP contribution in [0, 0.1) is 0 Å². The molecule has 0 bridgehead atoms. The molecule has 0 atom stereocenters. The summed E-state index contributed by atoms with van der Waals surface area (Å²) in [4.78, 5) is 0. The van der Waals surface area contributed by atoms with Crippen molar-refractivity contribution in [3.8, 4) is 45.3 Å². The van der Waals surface area contributed by atoms with E-state index in [0.717, 1.165) is 49.4 Å². The molecule has 1 aliphatic carbocycles. The molecule has 4 heteroatoms. The second-order valence-corrected chi connectivity index (χ2v) is 14.5. The van der Waals surface area contributed by atoms with Crippen LogP contribution in [0.25, 0.3) is 33.0 Å². The first-order chi connectivity index (χ1) is 25.2. The lowest BCUT2D eigenvalue weighted by Gasteiger charge is -2.34. The molecule has 8 aromatic carbocycles. The van der Waals surface area contributed by atoms with Crippen LogP contribution in [0.15, 0.2) is 174 Å². The van der Waals surface area contributed by atoms with E-state index in [9.17, 15) is 0 Å². The van der Waals surface area contributed by atoms with Crippen molar-refractivity contribution in [3.63, 3.8) is 0 Å². The van der Waals surface area contributed by atoms with E-state index in [0.29, 0.717) is 0 Å². The van der Waals surface area contributed by atoms with E-state index in [2.05, 4.69) is 174 Å². The molecule has 0 saturated heterocycles. The van der Waals surface area contributed by atoms with Gasteiger partial charge in [0.25, 0.3) is 6.71 Å². The minimum Gasteiger partial charge on any atom is -0.458 e. The highest BCUT2D eigenvalue weighted by atomic mass is 79.9. The van der Waals surface area contributed by atoms with Crippen molar-refractivity contribution in [3.05, 3.63) is 197 Å². The van der Waals surface area contributed by atoms with Gasteiger partial charge in [-0.3, -0.25) is 0 Å². The maximum absolute atomic E-state index is 6.61. The van der Waals surface area contributed by atoms with Crippen LogP contribution in [0.1, 0.15) is 22.3 Å². The Morgan fingerprint density at radius 1 is 0.471 bits per heavy atom. The topological polar surface area (TPSA) is 18.5 Å². The third-order valence-electron chi connectivity index (χ3n) is 11.1. The molecule has 3 aliphatic rings. The lowest BCUT2D eigenvalue weighted by molar-refractivity contribution is 0.464. The van der Waals surface area contributed by atoms with Gasteiger partial charge in [0.1, 0.15) is 23.0 Å². The first-order valence-electron chi connectivity index (χ1n) is 17.4. The van der Waals surface area contributed by atoms with Gasteiger partial charge in [-0.2, -0.15) is 0 Å². The Morgan fingerprint density at radius 2 is 1.10 bits per heavy atom. The van der Waals surface area contributed by atoms with E-state index in [-0.39, 0.29) is 6.71 Å². The fraction of sp³-hybridized carbons (Fsp3) is 0.0213. The standard InChI is InChI=1S/C47H28BBrO2/c49-39-21-11-18-32-34(29-25-26-41-38(27-29)48-37-20-9-10-22-40(37)50-42-23-12-24-43(51-41)46(42)48)28-36-44(45(32)39)33-17-7-8-19-35(33)47(36,30-13-3-1-4-14-30)31-15-5-2-6-16-31/h1-28H. The molecule has 238 valence electrons. The lowest BCUT2D eigenvalue weighted by atomic mass is 9.35. The predicted molar refractivity (Wildman–Crippen MR) is 212 cm³/mol. The second kappa shape index (κ2) is 10.8. The van der Waals surface area contributed by atoms with Gasteiger partial charge in [0.15, 0.2) is 0 Å². The van der Waals surface area contributed by atoms with Crippen LogP contribution < -0.4 is 25.9 Å². The summed E-state index contributed by atoms with van der Waals surface area (Å²) in [6.07, 6.45) is 0. The quantitative estimate of drug-likeness (QED) is 0.170. The second-order valence-electron chi connectivity index (χ2n) is 13.6. The Kier molecular flexibility index (Phi) is 6.15. The molecule has 0 unspecified atom stereocenters. The average Bonchev–Trinajstić information content (AvgIpc) is 3.49. The van der Waals surface area contributed by atoms with Crippen LogP contribution in [0.2, 0.25) is 0 Å². The summed E-state index contributed by atoms with van der Waals surface area (Å²) < 4.78 is 14.1. The molecular formula is C47H28BBrO2. The molecule has 8 aromatic rings. The van der Waals surface area contributed by atoms with Crippen molar-refractivity contribution in [1.29, 1.82) is 0 Å². The maximum atomic E-state index is 6.61. The van der Waals surface area contributed by atoms with E-state index in [1.54, 1.807) is 0 Å². The molecule has 11 rings (SSSR count). The van der Waals surface area contributed by atoms with Crippen molar-refractivity contribution in [2.45, 2.75) is 5.41 Å². The molecule has 2 nitrogen and oxygen atoms in total. The number of para-hydroxylation sites is 1. The predicted octanol–water partition coefficient (Wildman–Crippen LogP) is 10.4. The van der Waals surface area contributed by atoms with Crippen molar-refractivity contribution < 1.29 is 9.47 Å². The molecular weight excluding hydrogens is 687 g/mol. The van der Waals surface area contributed by atoms with Gasteiger partial charge in [0, 0.05) is 15.3 Å². The highest BCUT2D eigenvalue weighted by Crippen LogP contribution is 2.59. The summed E-state index contributed by atoms with van der Waals surface area (Å²) in [7, 11) is 0. The molecule has 0 fully saturated rings. The number of halogens is 1. The summed E-state index contributed by atoms with van der Waals surface area (Å²) in [5.74, 6) is 3.48. The zero-order chi connectivity index (χ0) is 33.7. The Bertz CT molecular complexity index is 2670. The summed E-state index contributed by atoms with van der Waals surface area (Å²) in [6.45, 7) is -0.00531. The van der Waals surface area contributed by atoms with Gasteiger partial charge in [0.05, 0.1) is 5.41 Å². The monoisotopic (exact) mass is 714 g/mol. The number of hydrogen-bond donors (Lipinski definition) is 0. The van der Waals surface area contributed by atoms with Crippen LogP contribution >= 0.6 is 15.9 Å². The zero-order valence-corrected chi connectivity index (χ0v) is 29.0. The van der Waals surface area contributed by atoms with Crippen LogP contribution in [0.4, 0.5) is 0 Å². The van der Waals surface area contributed by atoms with E-state index in [1.165, 1.54) is 49.7 Å². The van der Waals surface area contributed by atoms with Gasteiger partial charge < -0.3 is 9.47 Å². The molecule has 0 spiro atoms. The van der Waals surface area contributed by atoms with Crippen molar-refractivity contribution in [2.75, 3.05) is 0 Å². The van der Waals surface area contributed by atoms with Crippen LogP contribution in [0.5, 0.6) is 23.0 Å². The van der Waals surface area contributed by atoms with E-state index < -0.39 is 5.41 Å². The molecule has 0 amide bonds. The summed E-state index contributed by atoms with van der Waals surface area (Å²) in [5, 5.41) is 2.43. The van der Waals surface area contributed by atoms with Gasteiger partial charge in [-0.05, 0) is 97.2 Å². The van der Waals surface area contributed by atoms with Gasteiger partial charge in [-0.25, -0.2) is 0 Å². The van der Waals surface area contributed by atoms with Gasteiger partial charge in [-0.15, -0.1) is 0 Å². The van der Waals surface area contributed by atoms with Crippen molar-refractivity contribution in [1.82, 2.24) is 0 Å².